The van der Waals surface area contributed by atoms with Gasteiger partial charge in [-0.25, -0.2) is 0 Å². The summed E-state index contributed by atoms with van der Waals surface area (Å²) in [6, 6.07) is 5.07. The average Bonchev–Trinajstić information content (AvgIpc) is 3.35. The van der Waals surface area contributed by atoms with Crippen molar-refractivity contribution in [2.75, 3.05) is 18.7 Å². The highest BCUT2D eigenvalue weighted by Gasteiger charge is 2.56. The van der Waals surface area contributed by atoms with Gasteiger partial charge in [0.1, 0.15) is 6.04 Å². The zero-order valence-electron chi connectivity index (χ0n) is 16.7. The highest BCUT2D eigenvalue weighted by Crippen LogP contribution is 2.60. The third-order valence-electron chi connectivity index (χ3n) is 7.95. The molecule has 29 heavy (non-hydrogen) atoms. The van der Waals surface area contributed by atoms with Crippen molar-refractivity contribution < 1.29 is 19.1 Å². The minimum Gasteiger partial charge on any atom is -0.454 e. The first-order valence-electron chi connectivity index (χ1n) is 11.1. The van der Waals surface area contributed by atoms with Gasteiger partial charge in [-0.2, -0.15) is 0 Å². The van der Waals surface area contributed by atoms with Crippen LogP contribution in [0.5, 0.6) is 11.5 Å². The fourth-order valence-electron chi connectivity index (χ4n) is 7.16. The molecule has 4 saturated carbocycles. The molecular formula is C23H28N2O4. The summed E-state index contributed by atoms with van der Waals surface area (Å²) in [5, 5.41) is 3.00. The summed E-state index contributed by atoms with van der Waals surface area (Å²) in [5.41, 5.74) is 0.504. The molecule has 6 heteroatoms. The summed E-state index contributed by atoms with van der Waals surface area (Å²) in [7, 11) is 0. The maximum Gasteiger partial charge on any atom is 0.247 e. The van der Waals surface area contributed by atoms with Crippen molar-refractivity contribution >= 4 is 17.5 Å². The average molecular weight is 396 g/mol. The third-order valence-corrected chi connectivity index (χ3v) is 7.95. The van der Waals surface area contributed by atoms with Crippen LogP contribution in [-0.4, -0.2) is 36.1 Å². The second-order valence-electron chi connectivity index (χ2n) is 9.91. The quantitative estimate of drug-likeness (QED) is 0.848. The molecule has 4 aliphatic carbocycles. The predicted octanol–water partition coefficient (Wildman–Crippen LogP) is 3.56. The van der Waals surface area contributed by atoms with E-state index in [9.17, 15) is 9.59 Å². The van der Waals surface area contributed by atoms with Crippen molar-refractivity contribution in [3.63, 3.8) is 0 Å². The number of rotatable bonds is 3. The molecule has 2 aliphatic heterocycles. The van der Waals surface area contributed by atoms with E-state index in [1.54, 1.807) is 6.07 Å². The molecule has 5 fully saturated rings. The van der Waals surface area contributed by atoms with Crippen LogP contribution in [0.25, 0.3) is 0 Å². The van der Waals surface area contributed by atoms with Crippen LogP contribution in [0.15, 0.2) is 18.2 Å². The number of anilines is 1. The zero-order valence-corrected chi connectivity index (χ0v) is 16.7. The van der Waals surface area contributed by atoms with Crippen LogP contribution in [0.1, 0.15) is 51.4 Å². The summed E-state index contributed by atoms with van der Waals surface area (Å²) < 4.78 is 10.7. The first kappa shape index (κ1) is 17.6. The Bertz CT molecular complexity index is 831. The van der Waals surface area contributed by atoms with E-state index in [4.69, 9.17) is 9.47 Å². The normalized spacial score (nSPS) is 36.5. The topological polar surface area (TPSA) is 67.9 Å². The van der Waals surface area contributed by atoms with E-state index in [2.05, 4.69) is 5.32 Å². The van der Waals surface area contributed by atoms with Gasteiger partial charge in [-0.1, -0.05) is 0 Å². The molecule has 4 bridgehead atoms. The molecule has 0 radical (unpaired) electrons. The zero-order chi connectivity index (χ0) is 19.6. The molecule has 1 N–H and O–H groups in total. The molecule has 1 aromatic carbocycles. The number of nitrogens with zero attached hydrogens (tertiary/aromatic N) is 1. The maximum atomic E-state index is 13.7. The van der Waals surface area contributed by atoms with Gasteiger partial charge < -0.3 is 19.7 Å². The van der Waals surface area contributed by atoms with Crippen molar-refractivity contribution in [2.24, 2.45) is 23.2 Å². The van der Waals surface area contributed by atoms with E-state index in [0.717, 1.165) is 49.9 Å². The van der Waals surface area contributed by atoms with Crippen molar-refractivity contribution in [1.29, 1.82) is 0 Å². The van der Waals surface area contributed by atoms with Crippen LogP contribution < -0.4 is 14.8 Å². The molecule has 1 atom stereocenters. The number of nitrogens with one attached hydrogen (secondary N) is 1. The SMILES string of the molecule is O=C(Nc1ccc2c(c1)OCO2)C1CCCN1C(=O)C12CC3CC(CC(C3)C1)C2. The smallest absolute Gasteiger partial charge is 0.247 e. The second kappa shape index (κ2) is 6.38. The third kappa shape index (κ3) is 2.82. The van der Waals surface area contributed by atoms with Gasteiger partial charge in [0.25, 0.3) is 0 Å². The van der Waals surface area contributed by atoms with E-state index < -0.39 is 0 Å². The molecule has 1 saturated heterocycles. The van der Waals surface area contributed by atoms with Gasteiger partial charge in [0.05, 0.1) is 5.41 Å². The van der Waals surface area contributed by atoms with Crippen LogP contribution in [0.3, 0.4) is 0 Å². The number of hydrogen-bond donors (Lipinski definition) is 1. The lowest BCUT2D eigenvalue weighted by molar-refractivity contribution is -0.160. The van der Waals surface area contributed by atoms with Gasteiger partial charge in [-0.3, -0.25) is 9.59 Å². The fourth-order valence-corrected chi connectivity index (χ4v) is 7.16. The maximum absolute atomic E-state index is 13.7. The minimum absolute atomic E-state index is 0.0838. The molecule has 7 rings (SSSR count). The molecular weight excluding hydrogens is 368 g/mol. The number of amides is 2. The van der Waals surface area contributed by atoms with Crippen molar-refractivity contribution in [3.8, 4) is 11.5 Å². The summed E-state index contributed by atoms with van der Waals surface area (Å²) >= 11 is 0. The van der Waals surface area contributed by atoms with E-state index in [-0.39, 0.29) is 30.1 Å². The van der Waals surface area contributed by atoms with Crippen LogP contribution in [0.2, 0.25) is 0 Å². The lowest BCUT2D eigenvalue weighted by atomic mass is 9.49. The van der Waals surface area contributed by atoms with Crippen molar-refractivity contribution in [1.82, 2.24) is 4.90 Å². The lowest BCUT2D eigenvalue weighted by Gasteiger charge is -2.56. The van der Waals surface area contributed by atoms with Crippen LogP contribution in [-0.2, 0) is 9.59 Å². The Morgan fingerprint density at radius 3 is 2.41 bits per heavy atom. The molecule has 0 spiro atoms. The van der Waals surface area contributed by atoms with E-state index >= 15 is 0 Å². The molecule has 2 amide bonds. The van der Waals surface area contributed by atoms with Gasteiger partial charge in [0.2, 0.25) is 18.6 Å². The van der Waals surface area contributed by atoms with Crippen LogP contribution >= 0.6 is 0 Å². The Balaban J connectivity index is 1.19. The summed E-state index contributed by atoms with van der Waals surface area (Å²) in [6.07, 6.45) is 8.74. The minimum atomic E-state index is -0.360. The number of hydrogen-bond acceptors (Lipinski definition) is 4. The molecule has 154 valence electrons. The number of likely N-dealkylation sites (tertiary alicyclic amines) is 1. The Labute approximate surface area is 170 Å². The monoisotopic (exact) mass is 396 g/mol. The lowest BCUT2D eigenvalue weighted by Crippen LogP contribution is -2.56. The Morgan fingerprint density at radius 2 is 1.69 bits per heavy atom. The number of carbonyl (C=O) groups is 2. The highest BCUT2D eigenvalue weighted by molar-refractivity contribution is 5.98. The predicted molar refractivity (Wildman–Crippen MR) is 107 cm³/mol. The Kier molecular flexibility index (Phi) is 3.87. The molecule has 6 aliphatic rings. The molecule has 1 unspecified atom stereocenters. The van der Waals surface area contributed by atoms with E-state index in [1.807, 2.05) is 17.0 Å². The van der Waals surface area contributed by atoms with Gasteiger partial charge >= 0.3 is 0 Å². The number of ether oxygens (including phenoxy) is 2. The van der Waals surface area contributed by atoms with Gasteiger partial charge in [-0.05, 0) is 81.3 Å². The Morgan fingerprint density at radius 1 is 1.00 bits per heavy atom. The summed E-state index contributed by atoms with van der Waals surface area (Å²) in [6.45, 7) is 0.919. The van der Waals surface area contributed by atoms with Gasteiger partial charge in [0.15, 0.2) is 11.5 Å². The van der Waals surface area contributed by atoms with Crippen molar-refractivity contribution in [2.45, 2.75) is 57.4 Å². The van der Waals surface area contributed by atoms with Crippen LogP contribution in [0.4, 0.5) is 5.69 Å². The highest BCUT2D eigenvalue weighted by atomic mass is 16.7. The largest absolute Gasteiger partial charge is 0.454 e. The van der Waals surface area contributed by atoms with E-state index in [0.29, 0.717) is 23.7 Å². The number of carbonyl (C=O) groups excluding carboxylic acids is 2. The summed E-state index contributed by atoms with van der Waals surface area (Å²) in [5.74, 6) is 3.72. The molecule has 0 aromatic heterocycles. The first-order valence-corrected chi connectivity index (χ1v) is 11.1. The standard InChI is InChI=1S/C23H28N2O4/c26-21(24-17-3-4-19-20(9-17)29-13-28-19)18-2-1-5-25(18)22(27)23-10-14-6-15(11-23)8-16(7-14)12-23/h3-4,9,14-16,18H,1-2,5-8,10-13H2,(H,24,26). The first-order chi connectivity index (χ1) is 14.1. The molecule has 6 nitrogen and oxygen atoms in total. The molecule has 2 heterocycles. The number of benzene rings is 1. The van der Waals surface area contributed by atoms with E-state index in [1.165, 1.54) is 19.3 Å². The number of fused-ring (bicyclic) bond motifs is 1. The second-order valence-corrected chi connectivity index (χ2v) is 9.91. The summed E-state index contributed by atoms with van der Waals surface area (Å²) in [4.78, 5) is 28.7. The fraction of sp³-hybridized carbons (Fsp3) is 0.652. The Hall–Kier alpha value is -2.24. The van der Waals surface area contributed by atoms with Crippen molar-refractivity contribution in [3.05, 3.63) is 18.2 Å². The van der Waals surface area contributed by atoms with Gasteiger partial charge in [0, 0.05) is 18.3 Å². The molecule has 1 aromatic rings. The van der Waals surface area contributed by atoms with Crippen LogP contribution in [0, 0.1) is 23.2 Å². The van der Waals surface area contributed by atoms with Gasteiger partial charge in [-0.15, -0.1) is 0 Å².